The van der Waals surface area contributed by atoms with Crippen LogP contribution in [0.15, 0.2) is 23.1 Å². The molecule has 0 saturated heterocycles. The number of rotatable bonds is 1. The van der Waals surface area contributed by atoms with Gasteiger partial charge in [-0.2, -0.15) is 0 Å². The van der Waals surface area contributed by atoms with Crippen LogP contribution in [0.4, 0.5) is 11.4 Å². The molecule has 0 radical (unpaired) electrons. The summed E-state index contributed by atoms with van der Waals surface area (Å²) in [4.78, 5) is 1.31. The molecule has 0 saturated carbocycles. The average Bonchev–Trinajstić information content (AvgIpc) is 2.50. The van der Waals surface area contributed by atoms with Gasteiger partial charge in [-0.3, -0.25) is 0 Å². The van der Waals surface area contributed by atoms with Crippen molar-refractivity contribution in [3.05, 3.63) is 18.2 Å². The van der Waals surface area contributed by atoms with Gasteiger partial charge in [-0.05, 0) is 24.5 Å². The SMILES string of the molecule is CSc1ccc2c(c1)NCN2. The van der Waals surface area contributed by atoms with Gasteiger partial charge in [-0.1, -0.05) is 0 Å². The van der Waals surface area contributed by atoms with Crippen molar-refractivity contribution in [2.24, 2.45) is 0 Å². The number of hydrogen-bond donors (Lipinski definition) is 2. The second kappa shape index (κ2) is 2.66. The van der Waals surface area contributed by atoms with E-state index in [1.54, 1.807) is 11.8 Å². The minimum absolute atomic E-state index is 0.854. The fourth-order valence-electron chi connectivity index (χ4n) is 1.19. The molecule has 1 heterocycles. The Balaban J connectivity index is 2.41. The molecule has 3 heteroatoms. The molecule has 0 spiro atoms. The van der Waals surface area contributed by atoms with E-state index in [2.05, 4.69) is 35.1 Å². The molecule has 0 fully saturated rings. The standard InChI is InChI=1S/C8H10N2S/c1-11-6-2-3-7-8(4-6)10-5-9-7/h2-4,9-10H,5H2,1H3. The Morgan fingerprint density at radius 3 is 2.91 bits per heavy atom. The fraction of sp³-hybridized carbons (Fsp3) is 0.250. The number of thioether (sulfide) groups is 1. The van der Waals surface area contributed by atoms with E-state index in [9.17, 15) is 0 Å². The number of hydrogen-bond acceptors (Lipinski definition) is 3. The second-order valence-corrected chi connectivity index (χ2v) is 3.32. The quantitative estimate of drug-likeness (QED) is 0.625. The van der Waals surface area contributed by atoms with Gasteiger partial charge >= 0.3 is 0 Å². The van der Waals surface area contributed by atoms with Gasteiger partial charge in [0, 0.05) is 4.90 Å². The first-order valence-corrected chi connectivity index (χ1v) is 4.78. The summed E-state index contributed by atoms with van der Waals surface area (Å²) in [7, 11) is 0. The van der Waals surface area contributed by atoms with Crippen LogP contribution in [-0.2, 0) is 0 Å². The molecule has 1 aliphatic rings. The van der Waals surface area contributed by atoms with Crippen molar-refractivity contribution in [1.82, 2.24) is 0 Å². The fourth-order valence-corrected chi connectivity index (χ4v) is 1.63. The molecule has 0 amide bonds. The highest BCUT2D eigenvalue weighted by molar-refractivity contribution is 7.98. The number of anilines is 2. The van der Waals surface area contributed by atoms with Crippen LogP contribution in [-0.4, -0.2) is 12.9 Å². The molecule has 0 bridgehead atoms. The molecule has 0 atom stereocenters. The molecule has 58 valence electrons. The minimum Gasteiger partial charge on any atom is -0.366 e. The molecule has 0 aromatic heterocycles. The maximum atomic E-state index is 3.25. The minimum atomic E-state index is 0.854. The third-order valence-corrected chi connectivity index (χ3v) is 2.51. The second-order valence-electron chi connectivity index (χ2n) is 2.44. The Hall–Kier alpha value is -0.830. The third-order valence-electron chi connectivity index (χ3n) is 1.78. The normalized spacial score (nSPS) is 13.5. The zero-order valence-electron chi connectivity index (χ0n) is 6.35. The lowest BCUT2D eigenvalue weighted by Crippen LogP contribution is -1.98. The lowest BCUT2D eigenvalue weighted by atomic mass is 10.3. The van der Waals surface area contributed by atoms with Gasteiger partial charge in [0.05, 0.1) is 18.0 Å². The Morgan fingerprint density at radius 2 is 2.09 bits per heavy atom. The molecule has 1 aromatic rings. The van der Waals surface area contributed by atoms with Gasteiger partial charge in [0.1, 0.15) is 0 Å². The van der Waals surface area contributed by atoms with Crippen molar-refractivity contribution >= 4 is 23.1 Å². The predicted molar refractivity (Wildman–Crippen MR) is 50.3 cm³/mol. The Kier molecular flexibility index (Phi) is 1.66. The van der Waals surface area contributed by atoms with E-state index in [4.69, 9.17) is 0 Å². The maximum absolute atomic E-state index is 3.25. The number of nitrogens with one attached hydrogen (secondary N) is 2. The van der Waals surface area contributed by atoms with Gasteiger partial charge in [0.15, 0.2) is 0 Å². The van der Waals surface area contributed by atoms with E-state index in [0.29, 0.717) is 0 Å². The van der Waals surface area contributed by atoms with Crippen LogP contribution < -0.4 is 10.6 Å². The molecular formula is C8H10N2S. The van der Waals surface area contributed by atoms with E-state index in [0.717, 1.165) is 6.67 Å². The molecule has 0 aliphatic carbocycles. The third kappa shape index (κ3) is 1.16. The molecule has 2 nitrogen and oxygen atoms in total. The number of fused-ring (bicyclic) bond motifs is 1. The summed E-state index contributed by atoms with van der Waals surface area (Å²) in [6, 6.07) is 6.41. The van der Waals surface area contributed by atoms with E-state index in [1.807, 2.05) is 0 Å². The van der Waals surface area contributed by atoms with Crippen LogP contribution in [0.25, 0.3) is 0 Å². The summed E-state index contributed by atoms with van der Waals surface area (Å²) < 4.78 is 0. The Bertz CT molecular complexity index is 273. The van der Waals surface area contributed by atoms with Crippen molar-refractivity contribution in [1.29, 1.82) is 0 Å². The predicted octanol–water partition coefficient (Wildman–Crippen LogP) is 2.20. The zero-order chi connectivity index (χ0) is 7.68. The zero-order valence-corrected chi connectivity index (χ0v) is 7.16. The first-order chi connectivity index (χ1) is 5.40. The first-order valence-electron chi connectivity index (χ1n) is 3.56. The van der Waals surface area contributed by atoms with Gasteiger partial charge in [-0.25, -0.2) is 0 Å². The van der Waals surface area contributed by atoms with Gasteiger partial charge in [0.2, 0.25) is 0 Å². The molecule has 2 rings (SSSR count). The lowest BCUT2D eigenvalue weighted by molar-refractivity contribution is 1.31. The van der Waals surface area contributed by atoms with Gasteiger partial charge in [0.25, 0.3) is 0 Å². The van der Waals surface area contributed by atoms with Crippen LogP contribution in [0.3, 0.4) is 0 Å². The Morgan fingerprint density at radius 1 is 1.27 bits per heavy atom. The summed E-state index contributed by atoms with van der Waals surface area (Å²) in [6.45, 7) is 0.854. The van der Waals surface area contributed by atoms with Crippen LogP contribution >= 0.6 is 11.8 Å². The van der Waals surface area contributed by atoms with Gasteiger partial charge < -0.3 is 10.6 Å². The van der Waals surface area contributed by atoms with Crippen LogP contribution in [0.2, 0.25) is 0 Å². The summed E-state index contributed by atoms with van der Waals surface area (Å²) in [5.41, 5.74) is 2.43. The van der Waals surface area contributed by atoms with Crippen LogP contribution in [0.1, 0.15) is 0 Å². The molecule has 2 N–H and O–H groups in total. The largest absolute Gasteiger partial charge is 0.366 e. The summed E-state index contributed by atoms with van der Waals surface area (Å²) in [5, 5.41) is 6.48. The molecular weight excluding hydrogens is 156 g/mol. The van der Waals surface area contributed by atoms with Crippen LogP contribution in [0, 0.1) is 0 Å². The van der Waals surface area contributed by atoms with E-state index < -0.39 is 0 Å². The van der Waals surface area contributed by atoms with Crippen molar-refractivity contribution in [3.63, 3.8) is 0 Å². The highest BCUT2D eigenvalue weighted by atomic mass is 32.2. The van der Waals surface area contributed by atoms with Gasteiger partial charge in [-0.15, -0.1) is 11.8 Å². The van der Waals surface area contributed by atoms with Crippen LogP contribution in [0.5, 0.6) is 0 Å². The highest BCUT2D eigenvalue weighted by Gasteiger charge is 2.07. The smallest absolute Gasteiger partial charge is 0.0850 e. The first kappa shape index (κ1) is 6.85. The van der Waals surface area contributed by atoms with Crippen molar-refractivity contribution in [2.45, 2.75) is 4.90 Å². The monoisotopic (exact) mass is 166 g/mol. The Labute approximate surface area is 70.4 Å². The summed E-state index contributed by atoms with van der Waals surface area (Å²) in [6.07, 6.45) is 2.09. The summed E-state index contributed by atoms with van der Waals surface area (Å²) >= 11 is 1.77. The van der Waals surface area contributed by atoms with Crippen molar-refractivity contribution in [3.8, 4) is 0 Å². The van der Waals surface area contributed by atoms with Crippen molar-refractivity contribution in [2.75, 3.05) is 23.6 Å². The van der Waals surface area contributed by atoms with E-state index >= 15 is 0 Å². The van der Waals surface area contributed by atoms with E-state index in [-0.39, 0.29) is 0 Å². The number of benzene rings is 1. The molecule has 1 aliphatic heterocycles. The van der Waals surface area contributed by atoms with Crippen molar-refractivity contribution < 1.29 is 0 Å². The lowest BCUT2D eigenvalue weighted by Gasteiger charge is -2.00. The van der Waals surface area contributed by atoms with E-state index in [1.165, 1.54) is 16.3 Å². The molecule has 1 aromatic carbocycles. The highest BCUT2D eigenvalue weighted by Crippen LogP contribution is 2.29. The summed E-state index contributed by atoms with van der Waals surface area (Å²) in [5.74, 6) is 0. The topological polar surface area (TPSA) is 24.1 Å². The molecule has 0 unspecified atom stereocenters. The molecule has 11 heavy (non-hydrogen) atoms. The maximum Gasteiger partial charge on any atom is 0.0850 e. The average molecular weight is 166 g/mol.